The summed E-state index contributed by atoms with van der Waals surface area (Å²) in [7, 11) is 0. The van der Waals surface area contributed by atoms with Gasteiger partial charge in [0.25, 0.3) is 0 Å². The summed E-state index contributed by atoms with van der Waals surface area (Å²) in [5.74, 6) is 2.28. The molecule has 2 saturated carbocycles. The van der Waals surface area contributed by atoms with E-state index in [1.807, 2.05) is 0 Å². The van der Waals surface area contributed by atoms with Crippen LogP contribution in [0.3, 0.4) is 0 Å². The van der Waals surface area contributed by atoms with Gasteiger partial charge in [-0.2, -0.15) is 4.98 Å². The van der Waals surface area contributed by atoms with E-state index in [1.54, 1.807) is 0 Å². The molecule has 3 aliphatic rings. The molecule has 0 unspecified atom stereocenters. The number of carbonyl (C=O) groups is 1. The molecule has 3 fully saturated rings. The Balaban J connectivity index is 1.33. The summed E-state index contributed by atoms with van der Waals surface area (Å²) in [6.07, 6.45) is 9.60. The minimum Gasteiger partial charge on any atom is -0.367 e. The van der Waals surface area contributed by atoms with Crippen molar-refractivity contribution in [3.8, 4) is 0 Å². The summed E-state index contributed by atoms with van der Waals surface area (Å²) in [5.41, 5.74) is 5.96. The molecule has 1 saturated heterocycles. The van der Waals surface area contributed by atoms with Crippen molar-refractivity contribution in [3.05, 3.63) is 5.82 Å². The van der Waals surface area contributed by atoms with Crippen LogP contribution in [0.25, 0.3) is 0 Å². The Bertz CT molecular complexity index is 555. The van der Waals surface area contributed by atoms with E-state index in [9.17, 15) is 4.79 Å². The number of hydrogen-bond donors (Lipinski definition) is 2. The topological polar surface area (TPSA) is 87.9 Å². The molecule has 6 heteroatoms. The van der Waals surface area contributed by atoms with Gasteiger partial charge in [-0.25, -0.2) is 0 Å². The highest BCUT2D eigenvalue weighted by molar-refractivity contribution is 5.82. The molecule has 1 aromatic heterocycles. The average Bonchev–Trinajstić information content (AvgIpc) is 3.05. The molecule has 6 nitrogen and oxygen atoms in total. The molecule has 0 radical (unpaired) electrons. The summed E-state index contributed by atoms with van der Waals surface area (Å²) < 4.78 is 0. The highest BCUT2D eigenvalue weighted by Crippen LogP contribution is 2.62. The largest absolute Gasteiger partial charge is 0.367 e. The van der Waals surface area contributed by atoms with Crippen LogP contribution in [0.5, 0.6) is 0 Å². The van der Waals surface area contributed by atoms with Crippen molar-refractivity contribution < 1.29 is 4.79 Å². The first kappa shape index (κ1) is 14.0. The summed E-state index contributed by atoms with van der Waals surface area (Å²) >= 11 is 0. The van der Waals surface area contributed by atoms with Crippen LogP contribution in [0.1, 0.15) is 63.1 Å². The number of aromatic nitrogens is 3. The quantitative estimate of drug-likeness (QED) is 0.875. The summed E-state index contributed by atoms with van der Waals surface area (Å²) in [4.78, 5) is 19.1. The molecule has 4 rings (SSSR count). The van der Waals surface area contributed by atoms with Crippen LogP contribution in [0.2, 0.25) is 0 Å². The van der Waals surface area contributed by atoms with Crippen LogP contribution in [0, 0.1) is 11.3 Å². The van der Waals surface area contributed by atoms with Crippen LogP contribution in [0.15, 0.2) is 0 Å². The number of nitrogen functional groups attached to an aromatic ring is 1. The second kappa shape index (κ2) is 5.25. The van der Waals surface area contributed by atoms with Crippen molar-refractivity contribution in [2.24, 2.45) is 11.3 Å². The number of carbonyl (C=O) groups excluding carboxylic acids is 1. The molecule has 1 atom stereocenters. The molecule has 1 spiro atoms. The number of amides is 1. The molecule has 2 aliphatic carbocycles. The van der Waals surface area contributed by atoms with Gasteiger partial charge in [0.1, 0.15) is 5.82 Å². The molecule has 1 aliphatic heterocycles. The Morgan fingerprint density at radius 2 is 1.95 bits per heavy atom. The first-order chi connectivity index (χ1) is 10.7. The zero-order chi connectivity index (χ0) is 15.2. The van der Waals surface area contributed by atoms with Crippen molar-refractivity contribution in [1.29, 1.82) is 0 Å². The van der Waals surface area contributed by atoms with E-state index in [-0.39, 0.29) is 0 Å². The maximum absolute atomic E-state index is 12.8. The van der Waals surface area contributed by atoms with Crippen LogP contribution in [0.4, 0.5) is 5.95 Å². The molecule has 3 N–H and O–H groups in total. The fourth-order valence-corrected chi connectivity index (χ4v) is 4.57. The third-order valence-corrected chi connectivity index (χ3v) is 6.05. The second-order valence-electron chi connectivity index (χ2n) is 7.36. The molecule has 22 heavy (non-hydrogen) atoms. The minimum absolute atomic E-state index is 0.311. The van der Waals surface area contributed by atoms with Crippen LogP contribution >= 0.6 is 0 Å². The van der Waals surface area contributed by atoms with E-state index in [0.29, 0.717) is 29.1 Å². The van der Waals surface area contributed by atoms with Crippen molar-refractivity contribution in [2.75, 3.05) is 18.8 Å². The SMILES string of the molecule is Nc1n[nH]c(C2CCN(C(=O)[C@H]3CC34CCCCC4)CC2)n1. The highest BCUT2D eigenvalue weighted by atomic mass is 16.2. The van der Waals surface area contributed by atoms with Crippen molar-refractivity contribution in [1.82, 2.24) is 20.1 Å². The Morgan fingerprint density at radius 1 is 1.23 bits per heavy atom. The predicted molar refractivity (Wildman–Crippen MR) is 83.0 cm³/mol. The number of likely N-dealkylation sites (tertiary alicyclic amines) is 1. The predicted octanol–water partition coefficient (Wildman–Crippen LogP) is 2.06. The fraction of sp³-hybridized carbons (Fsp3) is 0.812. The Labute approximate surface area is 130 Å². The van der Waals surface area contributed by atoms with E-state index < -0.39 is 0 Å². The van der Waals surface area contributed by atoms with Gasteiger partial charge in [-0.15, -0.1) is 5.10 Å². The lowest BCUT2D eigenvalue weighted by molar-refractivity contribution is -0.134. The lowest BCUT2D eigenvalue weighted by Crippen LogP contribution is -2.40. The van der Waals surface area contributed by atoms with E-state index in [0.717, 1.165) is 38.2 Å². The van der Waals surface area contributed by atoms with Gasteiger partial charge in [0.2, 0.25) is 11.9 Å². The van der Waals surface area contributed by atoms with Gasteiger partial charge in [0.15, 0.2) is 0 Å². The number of piperidine rings is 1. The first-order valence-electron chi connectivity index (χ1n) is 8.64. The zero-order valence-electron chi connectivity index (χ0n) is 13.1. The molecule has 120 valence electrons. The molecule has 0 bridgehead atoms. The molecule has 1 amide bonds. The number of nitrogens with zero attached hydrogens (tertiary/aromatic N) is 3. The number of H-pyrrole nitrogens is 1. The molecule has 0 aromatic carbocycles. The van der Waals surface area contributed by atoms with E-state index in [1.165, 1.54) is 32.1 Å². The normalized spacial score (nSPS) is 28.0. The van der Waals surface area contributed by atoms with E-state index >= 15 is 0 Å². The van der Waals surface area contributed by atoms with Gasteiger partial charge in [-0.05, 0) is 37.5 Å². The van der Waals surface area contributed by atoms with Gasteiger partial charge < -0.3 is 10.6 Å². The summed E-state index contributed by atoms with van der Waals surface area (Å²) in [6, 6.07) is 0. The number of nitrogens with two attached hydrogens (primary N) is 1. The fourth-order valence-electron chi connectivity index (χ4n) is 4.57. The Hall–Kier alpha value is -1.59. The van der Waals surface area contributed by atoms with Crippen LogP contribution in [-0.4, -0.2) is 39.1 Å². The first-order valence-corrected chi connectivity index (χ1v) is 8.64. The molecule has 1 aromatic rings. The maximum atomic E-state index is 12.8. The van der Waals surface area contributed by atoms with Crippen molar-refractivity contribution in [3.63, 3.8) is 0 Å². The number of anilines is 1. The summed E-state index contributed by atoms with van der Waals surface area (Å²) in [5, 5.41) is 6.81. The lowest BCUT2D eigenvalue weighted by Gasteiger charge is -2.32. The van der Waals surface area contributed by atoms with Gasteiger partial charge in [0.05, 0.1) is 0 Å². The molecular formula is C16H25N5O. The standard InChI is InChI=1S/C16H25N5O/c17-15-18-13(19-20-15)11-4-8-21(9-5-11)14(22)12-10-16(12)6-2-1-3-7-16/h11-12H,1-10H2,(H3,17,18,19,20)/t12-/m1/s1. The minimum atomic E-state index is 0.311. The average molecular weight is 303 g/mol. The van der Waals surface area contributed by atoms with Crippen LogP contribution < -0.4 is 5.73 Å². The van der Waals surface area contributed by atoms with Gasteiger partial charge in [-0.1, -0.05) is 19.3 Å². The number of aromatic amines is 1. The zero-order valence-corrected chi connectivity index (χ0v) is 13.1. The monoisotopic (exact) mass is 303 g/mol. The van der Waals surface area contributed by atoms with Crippen molar-refractivity contribution in [2.45, 2.75) is 57.3 Å². The summed E-state index contributed by atoms with van der Waals surface area (Å²) in [6.45, 7) is 1.69. The second-order valence-corrected chi connectivity index (χ2v) is 7.36. The highest BCUT2D eigenvalue weighted by Gasteiger charge is 2.58. The number of rotatable bonds is 2. The third-order valence-electron chi connectivity index (χ3n) is 6.05. The Morgan fingerprint density at radius 3 is 2.59 bits per heavy atom. The smallest absolute Gasteiger partial charge is 0.239 e. The van der Waals surface area contributed by atoms with E-state index in [2.05, 4.69) is 20.1 Å². The lowest BCUT2D eigenvalue weighted by atomic mass is 9.84. The van der Waals surface area contributed by atoms with Gasteiger partial charge in [-0.3, -0.25) is 9.89 Å². The molecular weight excluding hydrogens is 278 g/mol. The number of hydrogen-bond acceptors (Lipinski definition) is 4. The Kier molecular flexibility index (Phi) is 3.35. The maximum Gasteiger partial charge on any atom is 0.239 e. The van der Waals surface area contributed by atoms with Crippen LogP contribution in [-0.2, 0) is 4.79 Å². The van der Waals surface area contributed by atoms with E-state index in [4.69, 9.17) is 5.73 Å². The van der Waals surface area contributed by atoms with Gasteiger partial charge >= 0.3 is 0 Å². The number of nitrogens with one attached hydrogen (secondary N) is 1. The van der Waals surface area contributed by atoms with Crippen molar-refractivity contribution >= 4 is 11.9 Å². The molecule has 2 heterocycles. The van der Waals surface area contributed by atoms with Gasteiger partial charge in [0, 0.05) is 24.9 Å². The third kappa shape index (κ3) is 2.38.